The molecular weight excluding hydrogens is 332 g/mol. The summed E-state index contributed by atoms with van der Waals surface area (Å²) in [7, 11) is 0. The van der Waals surface area contributed by atoms with Crippen LogP contribution in [0.1, 0.15) is 41.7 Å². The number of amides is 1. The highest BCUT2D eigenvalue weighted by atomic mass is 35.5. The van der Waals surface area contributed by atoms with Crippen LogP contribution in [-0.2, 0) is 5.41 Å². The largest absolute Gasteiger partial charge is 0.348 e. The van der Waals surface area contributed by atoms with Crippen molar-refractivity contribution in [1.29, 1.82) is 0 Å². The minimum atomic E-state index is -0.147. The molecule has 1 fully saturated rings. The second-order valence-electron chi connectivity index (χ2n) is 6.03. The van der Waals surface area contributed by atoms with Crippen LogP contribution in [0, 0.1) is 0 Å². The first-order chi connectivity index (χ1) is 11.1. The molecule has 0 radical (unpaired) electrons. The Morgan fingerprint density at radius 3 is 2.83 bits per heavy atom. The number of benzene rings is 1. The minimum Gasteiger partial charge on any atom is -0.348 e. The Labute approximate surface area is 144 Å². The maximum Gasteiger partial charge on any atom is 0.272 e. The van der Waals surface area contributed by atoms with Crippen molar-refractivity contribution in [2.24, 2.45) is 5.73 Å². The van der Waals surface area contributed by atoms with Crippen LogP contribution in [0.2, 0.25) is 5.02 Å². The molecule has 1 aliphatic carbocycles. The summed E-state index contributed by atoms with van der Waals surface area (Å²) in [6, 6.07) is 8.11. The van der Waals surface area contributed by atoms with Crippen molar-refractivity contribution in [3.05, 3.63) is 45.9 Å². The van der Waals surface area contributed by atoms with Crippen LogP contribution < -0.4 is 11.1 Å². The average Bonchev–Trinajstić information content (AvgIpc) is 3.10. The monoisotopic (exact) mass is 350 g/mol. The lowest BCUT2D eigenvalue weighted by Gasteiger charge is -2.40. The Morgan fingerprint density at radius 2 is 2.22 bits per heavy atom. The number of aromatic nitrogens is 2. The van der Waals surface area contributed by atoms with Gasteiger partial charge < -0.3 is 11.1 Å². The van der Waals surface area contributed by atoms with Crippen molar-refractivity contribution in [2.75, 3.05) is 6.54 Å². The molecule has 3 rings (SSSR count). The van der Waals surface area contributed by atoms with E-state index in [0.29, 0.717) is 12.2 Å². The lowest BCUT2D eigenvalue weighted by molar-refractivity contribution is 0.0913. The van der Waals surface area contributed by atoms with Gasteiger partial charge in [-0.05, 0) is 54.9 Å². The number of hydrogen-bond donors (Lipinski definition) is 2. The Hall–Kier alpha value is -1.50. The maximum absolute atomic E-state index is 12.1. The van der Waals surface area contributed by atoms with Crippen LogP contribution in [0.3, 0.4) is 0 Å². The van der Waals surface area contributed by atoms with Crippen LogP contribution >= 0.6 is 23.1 Å². The van der Waals surface area contributed by atoms with Crippen molar-refractivity contribution in [1.82, 2.24) is 14.9 Å². The van der Waals surface area contributed by atoms with E-state index in [4.69, 9.17) is 17.3 Å². The number of carbonyl (C=O) groups excluding carboxylic acids is 1. The molecule has 1 heterocycles. The molecule has 3 N–H and O–H groups in total. The minimum absolute atomic E-state index is 0.0473. The first kappa shape index (κ1) is 16.4. The zero-order valence-electron chi connectivity index (χ0n) is 12.7. The van der Waals surface area contributed by atoms with Gasteiger partial charge in [0.2, 0.25) is 0 Å². The van der Waals surface area contributed by atoms with Gasteiger partial charge in [0.25, 0.3) is 5.91 Å². The number of carbonyl (C=O) groups is 1. The molecule has 23 heavy (non-hydrogen) atoms. The fourth-order valence-electron chi connectivity index (χ4n) is 3.27. The van der Waals surface area contributed by atoms with Gasteiger partial charge in [-0.3, -0.25) is 4.79 Å². The van der Waals surface area contributed by atoms with E-state index in [1.165, 1.54) is 17.1 Å². The van der Waals surface area contributed by atoms with Gasteiger partial charge in [0.15, 0.2) is 5.69 Å². The van der Waals surface area contributed by atoms with Crippen molar-refractivity contribution < 1.29 is 4.79 Å². The molecule has 1 aromatic carbocycles. The van der Waals surface area contributed by atoms with E-state index < -0.39 is 0 Å². The average molecular weight is 351 g/mol. The van der Waals surface area contributed by atoms with Crippen LogP contribution in [-0.4, -0.2) is 28.1 Å². The van der Waals surface area contributed by atoms with Gasteiger partial charge in [-0.1, -0.05) is 28.2 Å². The summed E-state index contributed by atoms with van der Waals surface area (Å²) in [5.41, 5.74) is 7.63. The van der Waals surface area contributed by atoms with Crippen LogP contribution in [0.4, 0.5) is 0 Å². The van der Waals surface area contributed by atoms with Gasteiger partial charge in [0, 0.05) is 28.4 Å². The van der Waals surface area contributed by atoms with Crippen LogP contribution in [0.25, 0.3) is 0 Å². The van der Waals surface area contributed by atoms with Gasteiger partial charge in [0.1, 0.15) is 0 Å². The highest BCUT2D eigenvalue weighted by molar-refractivity contribution is 7.03. The number of nitrogens with one attached hydrogen (secondary N) is 1. The third-order valence-corrected chi connectivity index (χ3v) is 5.44. The molecule has 0 unspecified atom stereocenters. The van der Waals surface area contributed by atoms with E-state index in [2.05, 4.69) is 21.0 Å². The second-order valence-corrected chi connectivity index (χ2v) is 7.08. The van der Waals surface area contributed by atoms with E-state index in [-0.39, 0.29) is 17.4 Å². The SMILES string of the molecule is NCC1(c2cccc(Cl)c2)CCC(NC(=O)c2csnn2)CC1. The standard InChI is InChI=1S/C16H19ClN4OS/c17-12-3-1-2-11(8-12)16(10-18)6-4-13(5-7-16)19-15(22)14-9-23-21-20-14/h1-3,8-9,13H,4-7,10,18H2,(H,19,22). The Kier molecular flexibility index (Phi) is 4.94. The van der Waals surface area contributed by atoms with E-state index in [9.17, 15) is 4.79 Å². The quantitative estimate of drug-likeness (QED) is 0.888. The molecule has 1 aromatic heterocycles. The molecule has 0 saturated heterocycles. The summed E-state index contributed by atoms with van der Waals surface area (Å²) in [6.07, 6.45) is 3.66. The predicted octanol–water partition coefficient (Wildman–Crippen LogP) is 2.76. The van der Waals surface area contributed by atoms with E-state index in [1.807, 2.05) is 18.2 Å². The molecule has 0 spiro atoms. The van der Waals surface area contributed by atoms with Gasteiger partial charge >= 0.3 is 0 Å². The van der Waals surface area contributed by atoms with Gasteiger partial charge in [0.05, 0.1) is 0 Å². The van der Waals surface area contributed by atoms with Gasteiger partial charge in [-0.2, -0.15) is 0 Å². The fourth-order valence-corrected chi connectivity index (χ4v) is 3.89. The molecule has 0 aliphatic heterocycles. The lowest BCUT2D eigenvalue weighted by atomic mass is 9.68. The Morgan fingerprint density at radius 1 is 1.43 bits per heavy atom. The second kappa shape index (κ2) is 6.95. The van der Waals surface area contributed by atoms with E-state index in [1.54, 1.807) is 5.38 Å². The third kappa shape index (κ3) is 3.54. The number of hydrogen-bond acceptors (Lipinski definition) is 5. The molecular formula is C16H19ClN4OS. The lowest BCUT2D eigenvalue weighted by Crippen LogP contribution is -2.45. The zero-order valence-corrected chi connectivity index (χ0v) is 14.2. The molecule has 5 nitrogen and oxygen atoms in total. The number of rotatable bonds is 4. The van der Waals surface area contributed by atoms with Crippen LogP contribution in [0.15, 0.2) is 29.6 Å². The smallest absolute Gasteiger partial charge is 0.272 e. The predicted molar refractivity (Wildman–Crippen MR) is 91.8 cm³/mol. The summed E-state index contributed by atoms with van der Waals surface area (Å²) < 4.78 is 3.72. The molecule has 122 valence electrons. The van der Waals surface area contributed by atoms with Crippen molar-refractivity contribution >= 4 is 29.0 Å². The van der Waals surface area contributed by atoms with Crippen molar-refractivity contribution in [2.45, 2.75) is 37.1 Å². The van der Waals surface area contributed by atoms with Crippen molar-refractivity contribution in [3.63, 3.8) is 0 Å². The summed E-state index contributed by atoms with van der Waals surface area (Å²) in [4.78, 5) is 12.1. The van der Waals surface area contributed by atoms with E-state index >= 15 is 0 Å². The maximum atomic E-state index is 12.1. The highest BCUT2D eigenvalue weighted by Crippen LogP contribution is 2.39. The molecule has 0 bridgehead atoms. The molecule has 1 saturated carbocycles. The highest BCUT2D eigenvalue weighted by Gasteiger charge is 2.36. The topological polar surface area (TPSA) is 80.9 Å². The molecule has 0 atom stereocenters. The molecule has 2 aromatic rings. The first-order valence-electron chi connectivity index (χ1n) is 7.67. The van der Waals surface area contributed by atoms with Gasteiger partial charge in [-0.25, -0.2) is 0 Å². The zero-order chi connectivity index (χ0) is 16.3. The number of nitrogens with two attached hydrogens (primary N) is 1. The third-order valence-electron chi connectivity index (χ3n) is 4.70. The van der Waals surface area contributed by atoms with Gasteiger partial charge in [-0.15, -0.1) is 5.10 Å². The molecule has 7 heteroatoms. The Balaban J connectivity index is 1.65. The summed E-state index contributed by atoms with van der Waals surface area (Å²) in [5, 5.41) is 9.25. The number of nitrogens with zero attached hydrogens (tertiary/aromatic N) is 2. The van der Waals surface area contributed by atoms with Crippen LogP contribution in [0.5, 0.6) is 0 Å². The molecule has 1 amide bonds. The van der Waals surface area contributed by atoms with E-state index in [0.717, 1.165) is 30.7 Å². The van der Waals surface area contributed by atoms with Crippen molar-refractivity contribution in [3.8, 4) is 0 Å². The Bertz CT molecular complexity index is 668. The normalized spacial score (nSPS) is 24.3. The summed E-state index contributed by atoms with van der Waals surface area (Å²) >= 11 is 7.31. The molecule has 1 aliphatic rings. The number of halogens is 1. The first-order valence-corrected chi connectivity index (χ1v) is 8.88. The summed E-state index contributed by atoms with van der Waals surface area (Å²) in [5.74, 6) is -0.147. The summed E-state index contributed by atoms with van der Waals surface area (Å²) in [6.45, 7) is 0.587. The fraction of sp³-hybridized carbons (Fsp3) is 0.438.